The molecule has 2 N–H and O–H groups in total. The van der Waals surface area contributed by atoms with E-state index in [2.05, 4.69) is 13.0 Å². The van der Waals surface area contributed by atoms with Gasteiger partial charge >= 0.3 is 0 Å². The number of rotatable bonds is 3. The summed E-state index contributed by atoms with van der Waals surface area (Å²) in [6.07, 6.45) is 6.42. The second kappa shape index (κ2) is 5.09. The Morgan fingerprint density at radius 3 is 2.47 bits per heavy atom. The van der Waals surface area contributed by atoms with Gasteiger partial charge in [0.2, 0.25) is 0 Å². The first-order valence-electron chi connectivity index (χ1n) is 6.56. The number of benzene rings is 1. The summed E-state index contributed by atoms with van der Waals surface area (Å²) in [5.41, 5.74) is 7.88. The van der Waals surface area contributed by atoms with Crippen LogP contribution in [-0.2, 0) is 0 Å². The fourth-order valence-corrected chi connectivity index (χ4v) is 2.97. The Bertz CT molecular complexity index is 369. The summed E-state index contributed by atoms with van der Waals surface area (Å²) < 4.78 is 5.42. The zero-order chi connectivity index (χ0) is 12.3. The van der Waals surface area contributed by atoms with Gasteiger partial charge in [0.25, 0.3) is 0 Å². The molecule has 0 radical (unpaired) electrons. The van der Waals surface area contributed by atoms with Crippen LogP contribution in [-0.4, -0.2) is 7.11 Å². The van der Waals surface area contributed by atoms with Gasteiger partial charge in [0, 0.05) is 11.6 Å². The van der Waals surface area contributed by atoms with Gasteiger partial charge in [-0.15, -0.1) is 0 Å². The zero-order valence-electron chi connectivity index (χ0n) is 10.9. The molecular formula is C15H23NO. The van der Waals surface area contributed by atoms with Crippen LogP contribution in [0, 0.1) is 5.41 Å². The molecule has 1 aromatic carbocycles. The molecule has 0 saturated heterocycles. The van der Waals surface area contributed by atoms with Crippen LogP contribution in [0.25, 0.3) is 0 Å². The number of para-hydroxylation sites is 1. The molecule has 2 nitrogen and oxygen atoms in total. The second-order valence-corrected chi connectivity index (χ2v) is 5.43. The lowest BCUT2D eigenvalue weighted by Crippen LogP contribution is -2.34. The Hall–Kier alpha value is -1.02. The third kappa shape index (κ3) is 2.47. The normalized spacial score (nSPS) is 20.9. The maximum Gasteiger partial charge on any atom is 0.123 e. The van der Waals surface area contributed by atoms with Gasteiger partial charge in [-0.05, 0) is 24.3 Å². The summed E-state index contributed by atoms with van der Waals surface area (Å²) in [6.45, 7) is 2.32. The molecule has 1 unspecified atom stereocenters. The third-order valence-corrected chi connectivity index (χ3v) is 4.22. The Morgan fingerprint density at radius 2 is 1.82 bits per heavy atom. The Kier molecular flexibility index (Phi) is 3.72. The van der Waals surface area contributed by atoms with Crippen LogP contribution in [0.5, 0.6) is 5.75 Å². The molecular weight excluding hydrogens is 210 g/mol. The van der Waals surface area contributed by atoms with Crippen LogP contribution in [0.4, 0.5) is 0 Å². The molecule has 1 aromatic rings. The molecule has 0 aromatic heterocycles. The van der Waals surface area contributed by atoms with E-state index in [1.807, 2.05) is 18.2 Å². The van der Waals surface area contributed by atoms with Crippen LogP contribution >= 0.6 is 0 Å². The van der Waals surface area contributed by atoms with E-state index in [9.17, 15) is 0 Å². The van der Waals surface area contributed by atoms with Crippen molar-refractivity contribution in [3.05, 3.63) is 29.8 Å². The Balaban J connectivity index is 2.26. The predicted octanol–water partition coefficient (Wildman–Crippen LogP) is 3.67. The molecule has 0 aliphatic heterocycles. The quantitative estimate of drug-likeness (QED) is 0.864. The average Bonchev–Trinajstić information content (AvgIpc) is 2.38. The maximum absolute atomic E-state index is 6.50. The lowest BCUT2D eigenvalue weighted by molar-refractivity contribution is 0.168. The summed E-state index contributed by atoms with van der Waals surface area (Å²) in [5.74, 6) is 0.923. The predicted molar refractivity (Wildman–Crippen MR) is 71.1 cm³/mol. The fraction of sp³-hybridized carbons (Fsp3) is 0.600. The number of hydrogen-bond donors (Lipinski definition) is 1. The minimum absolute atomic E-state index is 0.0824. The lowest BCUT2D eigenvalue weighted by Gasteiger charge is -2.39. The zero-order valence-corrected chi connectivity index (χ0v) is 10.9. The standard InChI is InChI=1S/C15H23NO/c1-15(10-6-3-7-11-15)14(16)12-8-4-5-9-13(12)17-2/h4-5,8-9,14H,3,6-7,10-11,16H2,1-2H3. The summed E-state index contributed by atoms with van der Waals surface area (Å²) in [4.78, 5) is 0. The molecule has 0 bridgehead atoms. The van der Waals surface area contributed by atoms with Gasteiger partial charge in [-0.25, -0.2) is 0 Å². The molecule has 0 spiro atoms. The highest BCUT2D eigenvalue weighted by Crippen LogP contribution is 2.46. The van der Waals surface area contributed by atoms with Crippen LogP contribution in [0.15, 0.2) is 24.3 Å². The van der Waals surface area contributed by atoms with Gasteiger partial charge in [-0.2, -0.15) is 0 Å². The van der Waals surface area contributed by atoms with E-state index in [-0.39, 0.29) is 11.5 Å². The van der Waals surface area contributed by atoms with E-state index in [1.54, 1.807) is 7.11 Å². The van der Waals surface area contributed by atoms with Gasteiger partial charge in [0.15, 0.2) is 0 Å². The molecule has 1 fully saturated rings. The summed E-state index contributed by atoms with van der Waals surface area (Å²) in [6, 6.07) is 8.23. The van der Waals surface area contributed by atoms with E-state index in [0.29, 0.717) is 0 Å². The maximum atomic E-state index is 6.50. The fourth-order valence-electron chi connectivity index (χ4n) is 2.97. The topological polar surface area (TPSA) is 35.2 Å². The number of nitrogens with two attached hydrogens (primary N) is 1. The van der Waals surface area contributed by atoms with Crippen LogP contribution < -0.4 is 10.5 Å². The van der Waals surface area contributed by atoms with Gasteiger partial charge in [-0.1, -0.05) is 44.4 Å². The van der Waals surface area contributed by atoms with Crippen LogP contribution in [0.3, 0.4) is 0 Å². The van der Waals surface area contributed by atoms with Crippen molar-refractivity contribution in [2.24, 2.45) is 11.1 Å². The first-order chi connectivity index (χ1) is 8.17. The number of methoxy groups -OCH3 is 1. The number of ether oxygens (including phenoxy) is 1. The summed E-state index contributed by atoms with van der Waals surface area (Å²) in [5, 5.41) is 0. The van der Waals surface area contributed by atoms with Gasteiger partial charge in [-0.3, -0.25) is 0 Å². The van der Waals surface area contributed by atoms with Gasteiger partial charge < -0.3 is 10.5 Å². The van der Waals surface area contributed by atoms with Crippen molar-refractivity contribution >= 4 is 0 Å². The third-order valence-electron chi connectivity index (χ3n) is 4.22. The summed E-state index contributed by atoms with van der Waals surface area (Å²) >= 11 is 0. The van der Waals surface area contributed by atoms with E-state index < -0.39 is 0 Å². The van der Waals surface area contributed by atoms with Crippen molar-refractivity contribution in [3.63, 3.8) is 0 Å². The highest BCUT2D eigenvalue weighted by molar-refractivity contribution is 5.36. The average molecular weight is 233 g/mol. The van der Waals surface area contributed by atoms with Crippen molar-refractivity contribution in [3.8, 4) is 5.75 Å². The molecule has 2 heteroatoms. The van der Waals surface area contributed by atoms with Gasteiger partial charge in [0.05, 0.1) is 7.11 Å². The minimum Gasteiger partial charge on any atom is -0.496 e. The van der Waals surface area contributed by atoms with Crippen molar-refractivity contribution in [1.82, 2.24) is 0 Å². The molecule has 0 heterocycles. The Morgan fingerprint density at radius 1 is 1.18 bits per heavy atom. The van der Waals surface area contributed by atoms with Crippen molar-refractivity contribution in [2.45, 2.75) is 45.1 Å². The van der Waals surface area contributed by atoms with Crippen molar-refractivity contribution in [1.29, 1.82) is 0 Å². The van der Waals surface area contributed by atoms with Crippen LogP contribution in [0.2, 0.25) is 0 Å². The molecule has 2 rings (SSSR count). The van der Waals surface area contributed by atoms with Crippen LogP contribution in [0.1, 0.15) is 50.6 Å². The van der Waals surface area contributed by atoms with E-state index >= 15 is 0 Å². The number of hydrogen-bond acceptors (Lipinski definition) is 2. The molecule has 17 heavy (non-hydrogen) atoms. The van der Waals surface area contributed by atoms with Crippen molar-refractivity contribution < 1.29 is 4.74 Å². The molecule has 1 aliphatic carbocycles. The molecule has 1 atom stereocenters. The first-order valence-corrected chi connectivity index (χ1v) is 6.56. The van der Waals surface area contributed by atoms with E-state index in [1.165, 1.54) is 32.1 Å². The molecule has 1 aliphatic rings. The molecule has 0 amide bonds. The Labute approximate surface area is 104 Å². The lowest BCUT2D eigenvalue weighted by atomic mass is 9.69. The minimum atomic E-state index is 0.0824. The smallest absolute Gasteiger partial charge is 0.123 e. The monoisotopic (exact) mass is 233 g/mol. The van der Waals surface area contributed by atoms with E-state index in [0.717, 1.165) is 11.3 Å². The largest absolute Gasteiger partial charge is 0.496 e. The highest BCUT2D eigenvalue weighted by Gasteiger charge is 2.35. The second-order valence-electron chi connectivity index (χ2n) is 5.43. The highest BCUT2D eigenvalue weighted by atomic mass is 16.5. The SMILES string of the molecule is COc1ccccc1C(N)C1(C)CCCCC1. The van der Waals surface area contributed by atoms with E-state index in [4.69, 9.17) is 10.5 Å². The molecule has 1 saturated carbocycles. The first kappa shape index (κ1) is 12.4. The van der Waals surface area contributed by atoms with Crippen molar-refractivity contribution in [2.75, 3.05) is 7.11 Å². The van der Waals surface area contributed by atoms with Gasteiger partial charge in [0.1, 0.15) is 5.75 Å². The molecule has 94 valence electrons. The summed E-state index contributed by atoms with van der Waals surface area (Å²) in [7, 11) is 1.72.